The van der Waals surface area contributed by atoms with Crippen molar-refractivity contribution in [2.45, 2.75) is 12.5 Å². The Hall–Kier alpha value is -3.42. The van der Waals surface area contributed by atoms with E-state index in [1.165, 1.54) is 24.8 Å². The minimum absolute atomic E-state index is 0.0837. The van der Waals surface area contributed by atoms with Crippen molar-refractivity contribution in [2.75, 3.05) is 68.6 Å². The molecule has 13 heteroatoms. The van der Waals surface area contributed by atoms with Crippen molar-refractivity contribution in [3.05, 3.63) is 30.4 Å². The number of piperazine rings is 1. The standard InChI is InChI=1S/C19H26N8O4.CH4O/c20-15-10-24-19(25-11-15)27-4-3-26(12-16(27)13-29)18-22-8-14(9-23-18)17(30)21-2-7-31-6-1-5-28;1-2/h5,8-11,16,29H,1-4,6-7,12-13,20H2,(H,21,30);2H,1H3. The zero-order valence-electron chi connectivity index (χ0n) is 18.5. The Kier molecular flexibility index (Phi) is 10.9. The van der Waals surface area contributed by atoms with Gasteiger partial charge < -0.3 is 40.6 Å². The summed E-state index contributed by atoms with van der Waals surface area (Å²) in [7, 11) is 1.00. The summed E-state index contributed by atoms with van der Waals surface area (Å²) >= 11 is 0. The summed E-state index contributed by atoms with van der Waals surface area (Å²) in [4.78, 5) is 43.3. The second-order valence-corrected chi connectivity index (χ2v) is 6.89. The van der Waals surface area contributed by atoms with Crippen LogP contribution in [0.5, 0.6) is 0 Å². The average Bonchev–Trinajstić information content (AvgIpc) is 2.87. The molecule has 0 aliphatic carbocycles. The van der Waals surface area contributed by atoms with Gasteiger partial charge in [0, 0.05) is 52.1 Å². The Bertz CT molecular complexity index is 853. The van der Waals surface area contributed by atoms with Crippen LogP contribution in [0.25, 0.3) is 0 Å². The Morgan fingerprint density at radius 1 is 1.15 bits per heavy atom. The second kappa shape index (κ2) is 13.9. The molecule has 0 radical (unpaired) electrons. The lowest BCUT2D eigenvalue weighted by atomic mass is 10.2. The van der Waals surface area contributed by atoms with E-state index in [9.17, 15) is 14.7 Å². The highest BCUT2D eigenvalue weighted by Gasteiger charge is 2.29. The number of nitrogens with zero attached hydrogens (tertiary/aromatic N) is 6. The average molecular weight is 463 g/mol. The molecule has 1 aliphatic rings. The van der Waals surface area contributed by atoms with E-state index in [0.29, 0.717) is 69.0 Å². The van der Waals surface area contributed by atoms with E-state index in [1.807, 2.05) is 9.80 Å². The van der Waals surface area contributed by atoms with E-state index in [1.54, 1.807) is 0 Å². The molecule has 1 saturated heterocycles. The van der Waals surface area contributed by atoms with Crippen LogP contribution in [-0.4, -0.2) is 101 Å². The van der Waals surface area contributed by atoms with E-state index < -0.39 is 0 Å². The molecule has 2 aromatic rings. The smallest absolute Gasteiger partial charge is 0.254 e. The molecule has 0 aromatic carbocycles. The molecule has 2 aromatic heterocycles. The third-order valence-corrected chi connectivity index (χ3v) is 4.70. The molecule has 1 aliphatic heterocycles. The van der Waals surface area contributed by atoms with Crippen LogP contribution >= 0.6 is 0 Å². The molecule has 3 heterocycles. The van der Waals surface area contributed by atoms with Crippen LogP contribution in [0, 0.1) is 0 Å². The highest BCUT2D eigenvalue weighted by atomic mass is 16.5. The molecule has 0 saturated carbocycles. The van der Waals surface area contributed by atoms with Gasteiger partial charge in [-0.25, -0.2) is 19.9 Å². The Morgan fingerprint density at radius 2 is 1.82 bits per heavy atom. The molecule has 0 bridgehead atoms. The molecule has 33 heavy (non-hydrogen) atoms. The number of aliphatic hydroxyl groups is 2. The van der Waals surface area contributed by atoms with Crippen LogP contribution in [0.3, 0.4) is 0 Å². The maximum atomic E-state index is 12.2. The van der Waals surface area contributed by atoms with Gasteiger partial charge in [0.25, 0.3) is 5.91 Å². The van der Waals surface area contributed by atoms with Gasteiger partial charge in [0.15, 0.2) is 0 Å². The van der Waals surface area contributed by atoms with Gasteiger partial charge in [-0.2, -0.15) is 0 Å². The van der Waals surface area contributed by atoms with E-state index in [4.69, 9.17) is 15.6 Å². The van der Waals surface area contributed by atoms with Gasteiger partial charge in [0.2, 0.25) is 11.9 Å². The summed E-state index contributed by atoms with van der Waals surface area (Å²) in [5.41, 5.74) is 6.46. The number of hydrogen-bond donors (Lipinski definition) is 4. The lowest BCUT2D eigenvalue weighted by Gasteiger charge is -2.40. The number of nitrogen functional groups attached to an aromatic ring is 1. The van der Waals surface area contributed by atoms with Gasteiger partial charge in [-0.3, -0.25) is 4.79 Å². The largest absolute Gasteiger partial charge is 0.400 e. The number of rotatable bonds is 10. The van der Waals surface area contributed by atoms with Gasteiger partial charge in [0.1, 0.15) is 6.29 Å². The molecule has 180 valence electrons. The lowest BCUT2D eigenvalue weighted by molar-refractivity contribution is -0.108. The molecule has 1 atom stereocenters. The topological polar surface area (TPSA) is 180 Å². The summed E-state index contributed by atoms with van der Waals surface area (Å²) in [5, 5.41) is 19.6. The maximum absolute atomic E-state index is 12.2. The number of nitrogens with one attached hydrogen (secondary N) is 1. The highest BCUT2D eigenvalue weighted by molar-refractivity contribution is 5.93. The maximum Gasteiger partial charge on any atom is 0.254 e. The number of carbonyl (C=O) groups is 2. The van der Waals surface area contributed by atoms with Crippen LogP contribution < -0.4 is 20.9 Å². The fraction of sp³-hybridized carbons (Fsp3) is 0.500. The van der Waals surface area contributed by atoms with Crippen LogP contribution in [-0.2, 0) is 9.53 Å². The summed E-state index contributed by atoms with van der Waals surface area (Å²) in [6.07, 6.45) is 7.12. The SMILES string of the molecule is CO.Nc1cnc(N2CCN(c3ncc(C(=O)NCCOCCC=O)cn3)CC2CO)nc1. The molecular weight excluding hydrogens is 432 g/mol. The number of ether oxygens (including phenoxy) is 1. The van der Waals surface area contributed by atoms with Crippen molar-refractivity contribution in [3.63, 3.8) is 0 Å². The number of hydrogen-bond acceptors (Lipinski definition) is 12. The molecule has 1 amide bonds. The van der Waals surface area contributed by atoms with E-state index in [0.717, 1.165) is 13.4 Å². The number of anilines is 3. The van der Waals surface area contributed by atoms with Crippen molar-refractivity contribution in [2.24, 2.45) is 0 Å². The second-order valence-electron chi connectivity index (χ2n) is 6.89. The van der Waals surface area contributed by atoms with Crippen LogP contribution in [0.1, 0.15) is 16.8 Å². The normalized spacial score (nSPS) is 15.4. The molecule has 0 spiro atoms. The number of carbonyl (C=O) groups excluding carboxylic acids is 2. The fourth-order valence-electron chi connectivity index (χ4n) is 3.11. The van der Waals surface area contributed by atoms with Crippen molar-refractivity contribution in [1.29, 1.82) is 0 Å². The first-order valence-electron chi connectivity index (χ1n) is 10.4. The molecular formula is C20H30N8O5. The third-order valence-electron chi connectivity index (χ3n) is 4.70. The van der Waals surface area contributed by atoms with Gasteiger partial charge in [-0.05, 0) is 0 Å². The van der Waals surface area contributed by atoms with Gasteiger partial charge in [-0.15, -0.1) is 0 Å². The van der Waals surface area contributed by atoms with Gasteiger partial charge in [-0.1, -0.05) is 0 Å². The number of amides is 1. The predicted molar refractivity (Wildman–Crippen MR) is 121 cm³/mol. The van der Waals surface area contributed by atoms with Gasteiger partial charge >= 0.3 is 0 Å². The molecule has 5 N–H and O–H groups in total. The first-order valence-corrected chi connectivity index (χ1v) is 10.4. The molecule has 1 unspecified atom stereocenters. The lowest BCUT2D eigenvalue weighted by Crippen LogP contribution is -2.56. The Morgan fingerprint density at radius 3 is 2.45 bits per heavy atom. The minimum atomic E-state index is -0.302. The monoisotopic (exact) mass is 462 g/mol. The minimum Gasteiger partial charge on any atom is -0.400 e. The van der Waals surface area contributed by atoms with Crippen molar-refractivity contribution >= 4 is 29.8 Å². The fourth-order valence-corrected chi connectivity index (χ4v) is 3.11. The van der Waals surface area contributed by atoms with E-state index in [-0.39, 0.29) is 18.6 Å². The van der Waals surface area contributed by atoms with Crippen LogP contribution in [0.2, 0.25) is 0 Å². The first-order chi connectivity index (χ1) is 16.1. The number of aldehydes is 1. The van der Waals surface area contributed by atoms with Gasteiger partial charge in [0.05, 0.1) is 49.5 Å². The third kappa shape index (κ3) is 7.59. The van der Waals surface area contributed by atoms with Crippen LogP contribution in [0.15, 0.2) is 24.8 Å². The number of aliphatic hydroxyl groups excluding tert-OH is 2. The summed E-state index contributed by atoms with van der Waals surface area (Å²) in [5.74, 6) is 0.685. The first kappa shape index (κ1) is 25.8. The van der Waals surface area contributed by atoms with Crippen molar-refractivity contribution < 1.29 is 24.5 Å². The Labute approximate surface area is 191 Å². The zero-order valence-corrected chi connectivity index (χ0v) is 18.5. The highest BCUT2D eigenvalue weighted by Crippen LogP contribution is 2.19. The van der Waals surface area contributed by atoms with Crippen molar-refractivity contribution in [1.82, 2.24) is 25.3 Å². The number of nitrogens with two attached hydrogens (primary N) is 1. The summed E-state index contributed by atoms with van der Waals surface area (Å²) in [6.45, 7) is 2.56. The molecule has 1 fully saturated rings. The van der Waals surface area contributed by atoms with Crippen LogP contribution in [0.4, 0.5) is 17.6 Å². The number of aromatic nitrogens is 4. The quantitative estimate of drug-likeness (QED) is 0.237. The Balaban J connectivity index is 0.00000187. The molecule has 3 rings (SSSR count). The summed E-state index contributed by atoms with van der Waals surface area (Å²) in [6, 6.07) is -0.233. The van der Waals surface area contributed by atoms with Crippen molar-refractivity contribution in [3.8, 4) is 0 Å². The zero-order chi connectivity index (χ0) is 24.1. The molecule has 13 nitrogen and oxygen atoms in total. The summed E-state index contributed by atoms with van der Waals surface area (Å²) < 4.78 is 5.20. The van der Waals surface area contributed by atoms with E-state index in [2.05, 4.69) is 25.3 Å². The van der Waals surface area contributed by atoms with E-state index >= 15 is 0 Å². The predicted octanol–water partition coefficient (Wildman–Crippen LogP) is -1.52.